The largest absolute Gasteiger partial charge is 0.480 e. The van der Waals surface area contributed by atoms with E-state index in [4.69, 9.17) is 9.47 Å². The van der Waals surface area contributed by atoms with Gasteiger partial charge in [-0.05, 0) is 47.2 Å². The molecule has 1 fully saturated rings. The summed E-state index contributed by atoms with van der Waals surface area (Å²) in [5.41, 5.74) is 0.620. The van der Waals surface area contributed by atoms with E-state index in [2.05, 4.69) is 43.2 Å². The molecule has 5 heteroatoms. The van der Waals surface area contributed by atoms with Crippen molar-refractivity contribution >= 4 is 0 Å². The molecule has 112 valence electrons. The Hall–Kier alpha value is -1.20. The minimum Gasteiger partial charge on any atom is -0.480 e. The van der Waals surface area contributed by atoms with Gasteiger partial charge in [-0.2, -0.15) is 5.10 Å². The molecular weight excluding hydrogens is 254 g/mol. The quantitative estimate of drug-likeness (QED) is 0.916. The van der Waals surface area contributed by atoms with Crippen molar-refractivity contribution in [1.29, 1.82) is 0 Å². The first kappa shape index (κ1) is 15.2. The standard InChI is InChI=1S/C15H25N3O2/c1-14(2)9-10(15(3,4)20-14)13(16-5)11-7-8-12(19-6)18-17-11/h7-8,10,13,16H,9H2,1-6H3. The van der Waals surface area contributed by atoms with Crippen molar-refractivity contribution in [2.24, 2.45) is 5.92 Å². The van der Waals surface area contributed by atoms with Crippen LogP contribution < -0.4 is 10.1 Å². The fourth-order valence-corrected chi connectivity index (χ4v) is 3.28. The van der Waals surface area contributed by atoms with Gasteiger partial charge in [0.25, 0.3) is 0 Å². The van der Waals surface area contributed by atoms with Crippen LogP contribution in [0.15, 0.2) is 12.1 Å². The van der Waals surface area contributed by atoms with Crippen LogP contribution >= 0.6 is 0 Å². The van der Waals surface area contributed by atoms with Crippen molar-refractivity contribution in [2.45, 2.75) is 51.4 Å². The number of aromatic nitrogens is 2. The van der Waals surface area contributed by atoms with E-state index in [-0.39, 0.29) is 17.2 Å². The van der Waals surface area contributed by atoms with Crippen molar-refractivity contribution < 1.29 is 9.47 Å². The minimum atomic E-state index is -0.196. The summed E-state index contributed by atoms with van der Waals surface area (Å²) in [5.74, 6) is 0.871. The predicted octanol–water partition coefficient (Wildman–Crippen LogP) is 2.34. The van der Waals surface area contributed by atoms with E-state index in [0.29, 0.717) is 11.8 Å². The molecule has 0 spiro atoms. The number of hydrogen-bond donors (Lipinski definition) is 1. The molecule has 2 heterocycles. The first-order valence-corrected chi connectivity index (χ1v) is 7.04. The third-order valence-electron chi connectivity index (χ3n) is 4.05. The maximum absolute atomic E-state index is 6.19. The SMILES string of the molecule is CNC(c1ccc(OC)nn1)C1CC(C)(C)OC1(C)C. The molecule has 1 aromatic heterocycles. The van der Waals surface area contributed by atoms with E-state index < -0.39 is 0 Å². The molecule has 1 aromatic rings. The van der Waals surface area contributed by atoms with Gasteiger partial charge in [0.2, 0.25) is 5.88 Å². The van der Waals surface area contributed by atoms with Crippen LogP contribution in [0.2, 0.25) is 0 Å². The summed E-state index contributed by atoms with van der Waals surface area (Å²) in [4.78, 5) is 0. The second-order valence-electron chi connectivity index (χ2n) is 6.54. The van der Waals surface area contributed by atoms with Crippen LogP contribution in [0.3, 0.4) is 0 Å². The molecule has 5 nitrogen and oxygen atoms in total. The average Bonchev–Trinajstić information content (AvgIpc) is 2.59. The highest BCUT2D eigenvalue weighted by molar-refractivity contribution is 5.17. The summed E-state index contributed by atoms with van der Waals surface area (Å²) in [6, 6.07) is 3.93. The highest BCUT2D eigenvalue weighted by Gasteiger charge is 2.49. The number of methoxy groups -OCH3 is 1. The van der Waals surface area contributed by atoms with Crippen molar-refractivity contribution in [1.82, 2.24) is 15.5 Å². The molecular formula is C15H25N3O2. The molecule has 0 aliphatic carbocycles. The van der Waals surface area contributed by atoms with E-state index in [9.17, 15) is 0 Å². The number of hydrogen-bond acceptors (Lipinski definition) is 5. The van der Waals surface area contributed by atoms with Crippen molar-refractivity contribution in [2.75, 3.05) is 14.2 Å². The maximum Gasteiger partial charge on any atom is 0.233 e. The highest BCUT2D eigenvalue weighted by Crippen LogP contribution is 2.47. The highest BCUT2D eigenvalue weighted by atomic mass is 16.5. The summed E-state index contributed by atoms with van der Waals surface area (Å²) in [5, 5.41) is 11.7. The number of nitrogens with one attached hydrogen (secondary N) is 1. The van der Waals surface area contributed by atoms with Gasteiger partial charge in [-0.15, -0.1) is 5.10 Å². The Kier molecular flexibility index (Phi) is 4.02. The van der Waals surface area contributed by atoms with Crippen LogP contribution in [-0.4, -0.2) is 35.6 Å². The first-order chi connectivity index (χ1) is 9.29. The van der Waals surface area contributed by atoms with Crippen molar-refractivity contribution in [3.63, 3.8) is 0 Å². The maximum atomic E-state index is 6.19. The summed E-state index contributed by atoms with van der Waals surface area (Å²) >= 11 is 0. The lowest BCUT2D eigenvalue weighted by Gasteiger charge is -2.32. The number of nitrogens with zero attached hydrogens (tertiary/aromatic N) is 2. The van der Waals surface area contributed by atoms with Gasteiger partial charge in [0.15, 0.2) is 0 Å². The van der Waals surface area contributed by atoms with Gasteiger partial charge in [0, 0.05) is 12.0 Å². The third-order valence-corrected chi connectivity index (χ3v) is 4.05. The molecule has 1 N–H and O–H groups in total. The van der Waals surface area contributed by atoms with Gasteiger partial charge < -0.3 is 14.8 Å². The minimum absolute atomic E-state index is 0.108. The lowest BCUT2D eigenvalue weighted by molar-refractivity contribution is -0.0778. The molecule has 0 amide bonds. The molecule has 0 bridgehead atoms. The van der Waals surface area contributed by atoms with Crippen LogP contribution in [-0.2, 0) is 4.74 Å². The predicted molar refractivity (Wildman–Crippen MR) is 77.7 cm³/mol. The zero-order valence-electron chi connectivity index (χ0n) is 13.2. The Morgan fingerprint density at radius 3 is 2.40 bits per heavy atom. The molecule has 1 saturated heterocycles. The van der Waals surface area contributed by atoms with Gasteiger partial charge in [-0.3, -0.25) is 0 Å². The molecule has 1 aliphatic rings. The van der Waals surface area contributed by atoms with E-state index in [0.717, 1.165) is 12.1 Å². The summed E-state index contributed by atoms with van der Waals surface area (Å²) in [6.07, 6.45) is 0.985. The first-order valence-electron chi connectivity index (χ1n) is 7.04. The molecule has 20 heavy (non-hydrogen) atoms. The van der Waals surface area contributed by atoms with Crippen LogP contribution in [0.1, 0.15) is 45.9 Å². The molecule has 0 saturated carbocycles. The van der Waals surface area contributed by atoms with E-state index in [1.807, 2.05) is 19.2 Å². The summed E-state index contributed by atoms with van der Waals surface area (Å²) in [7, 11) is 3.55. The second kappa shape index (κ2) is 5.30. The van der Waals surface area contributed by atoms with Gasteiger partial charge >= 0.3 is 0 Å². The Morgan fingerprint density at radius 2 is 2.00 bits per heavy atom. The Bertz CT molecular complexity index is 457. The molecule has 0 radical (unpaired) electrons. The van der Waals surface area contributed by atoms with Crippen LogP contribution in [0, 0.1) is 5.92 Å². The molecule has 2 rings (SSSR count). The topological polar surface area (TPSA) is 56.3 Å². The Balaban J connectivity index is 2.27. The average molecular weight is 279 g/mol. The fraction of sp³-hybridized carbons (Fsp3) is 0.733. The van der Waals surface area contributed by atoms with Crippen LogP contribution in [0.4, 0.5) is 0 Å². The molecule has 2 atom stereocenters. The third kappa shape index (κ3) is 2.94. The zero-order chi connectivity index (χ0) is 15.0. The van der Waals surface area contributed by atoms with Gasteiger partial charge in [-0.1, -0.05) is 0 Å². The monoisotopic (exact) mass is 279 g/mol. The molecule has 1 aliphatic heterocycles. The van der Waals surface area contributed by atoms with Crippen molar-refractivity contribution in [3.8, 4) is 5.88 Å². The normalized spacial score (nSPS) is 25.4. The van der Waals surface area contributed by atoms with E-state index in [1.165, 1.54) is 0 Å². The van der Waals surface area contributed by atoms with Gasteiger partial charge in [-0.25, -0.2) is 0 Å². The van der Waals surface area contributed by atoms with E-state index >= 15 is 0 Å². The van der Waals surface area contributed by atoms with Crippen LogP contribution in [0.5, 0.6) is 5.88 Å². The zero-order valence-corrected chi connectivity index (χ0v) is 13.2. The number of ether oxygens (including phenoxy) is 2. The lowest BCUT2D eigenvalue weighted by Crippen LogP contribution is -2.37. The van der Waals surface area contributed by atoms with Crippen LogP contribution in [0.25, 0.3) is 0 Å². The van der Waals surface area contributed by atoms with Gasteiger partial charge in [0.1, 0.15) is 0 Å². The summed E-state index contributed by atoms with van der Waals surface area (Å²) in [6.45, 7) is 8.57. The molecule has 2 unspecified atom stereocenters. The van der Waals surface area contributed by atoms with E-state index in [1.54, 1.807) is 7.11 Å². The Labute approximate surface area is 121 Å². The Morgan fingerprint density at radius 1 is 1.30 bits per heavy atom. The fourth-order valence-electron chi connectivity index (χ4n) is 3.28. The number of rotatable bonds is 4. The molecule has 0 aromatic carbocycles. The van der Waals surface area contributed by atoms with Crippen molar-refractivity contribution in [3.05, 3.63) is 17.8 Å². The van der Waals surface area contributed by atoms with Gasteiger partial charge in [0.05, 0.1) is 30.0 Å². The lowest BCUT2D eigenvalue weighted by atomic mass is 9.80. The smallest absolute Gasteiger partial charge is 0.233 e. The summed E-state index contributed by atoms with van der Waals surface area (Å²) < 4.78 is 11.2. The second-order valence-corrected chi connectivity index (χ2v) is 6.54.